The van der Waals surface area contributed by atoms with Crippen LogP contribution in [0.15, 0.2) is 53.6 Å². The predicted molar refractivity (Wildman–Crippen MR) is 118 cm³/mol. The molecule has 29 heavy (non-hydrogen) atoms. The molecule has 0 fully saturated rings. The van der Waals surface area contributed by atoms with Crippen LogP contribution in [0.1, 0.15) is 51.0 Å². The van der Waals surface area contributed by atoms with Crippen molar-refractivity contribution in [3.63, 3.8) is 0 Å². The molecule has 0 radical (unpaired) electrons. The number of carbonyl (C=O) groups is 1. The first-order valence-corrected chi connectivity index (χ1v) is 10.5. The fourth-order valence-corrected chi connectivity index (χ4v) is 2.74. The summed E-state index contributed by atoms with van der Waals surface area (Å²) in [5.41, 5.74) is 3.31. The zero-order chi connectivity index (χ0) is 20.7. The maximum absolute atomic E-state index is 11.8. The molecule has 1 N–H and O–H groups in total. The molecule has 0 saturated carbocycles. The molecule has 0 aliphatic carbocycles. The number of benzene rings is 2. The maximum Gasteiger partial charge on any atom is 0.277 e. The van der Waals surface area contributed by atoms with Crippen LogP contribution in [0.4, 0.5) is 0 Å². The van der Waals surface area contributed by atoms with Crippen LogP contribution in [-0.2, 0) is 4.79 Å². The van der Waals surface area contributed by atoms with Crippen LogP contribution in [-0.4, -0.2) is 25.3 Å². The van der Waals surface area contributed by atoms with E-state index >= 15 is 0 Å². The molecular weight excluding hydrogens is 388 g/mol. The van der Waals surface area contributed by atoms with Gasteiger partial charge in [0.2, 0.25) is 0 Å². The lowest BCUT2D eigenvalue weighted by Crippen LogP contribution is -2.24. The monoisotopic (exact) mass is 416 g/mol. The van der Waals surface area contributed by atoms with Crippen molar-refractivity contribution in [3.8, 4) is 11.5 Å². The number of carbonyl (C=O) groups excluding carboxylic acids is 1. The molecule has 1 amide bonds. The molecule has 2 aromatic rings. The molecule has 0 saturated heterocycles. The molecule has 2 rings (SSSR count). The van der Waals surface area contributed by atoms with E-state index in [1.54, 1.807) is 30.5 Å². The Balaban J connectivity index is 1.62. The van der Waals surface area contributed by atoms with E-state index in [0.29, 0.717) is 10.8 Å². The lowest BCUT2D eigenvalue weighted by Gasteiger charge is -2.06. The number of rotatable bonds is 13. The molecule has 6 heteroatoms. The van der Waals surface area contributed by atoms with Crippen molar-refractivity contribution in [2.75, 3.05) is 13.2 Å². The van der Waals surface area contributed by atoms with Crippen molar-refractivity contribution >= 4 is 23.7 Å². The third kappa shape index (κ3) is 9.99. The Morgan fingerprint density at radius 2 is 1.55 bits per heavy atom. The van der Waals surface area contributed by atoms with E-state index in [0.717, 1.165) is 24.3 Å². The van der Waals surface area contributed by atoms with E-state index in [1.807, 2.05) is 24.3 Å². The zero-order valence-electron chi connectivity index (χ0n) is 16.9. The average molecular weight is 417 g/mol. The summed E-state index contributed by atoms with van der Waals surface area (Å²) in [5, 5.41) is 4.56. The quantitative estimate of drug-likeness (QED) is 0.262. The van der Waals surface area contributed by atoms with Gasteiger partial charge < -0.3 is 9.47 Å². The number of unbranched alkanes of at least 4 members (excludes halogenated alkanes) is 5. The molecule has 0 aliphatic heterocycles. The van der Waals surface area contributed by atoms with Gasteiger partial charge in [-0.3, -0.25) is 4.79 Å². The number of ether oxygens (including phenoxy) is 2. The smallest absolute Gasteiger partial charge is 0.277 e. The highest BCUT2D eigenvalue weighted by Crippen LogP contribution is 2.15. The molecule has 0 aromatic heterocycles. The summed E-state index contributed by atoms with van der Waals surface area (Å²) in [6, 6.07) is 14.4. The van der Waals surface area contributed by atoms with Gasteiger partial charge in [-0.05, 0) is 60.5 Å². The first kappa shape index (κ1) is 22.8. The third-order valence-electron chi connectivity index (χ3n) is 4.23. The third-order valence-corrected chi connectivity index (χ3v) is 4.49. The number of amides is 1. The minimum atomic E-state index is -0.338. The molecule has 0 spiro atoms. The highest BCUT2D eigenvalue weighted by Gasteiger charge is 2.01. The van der Waals surface area contributed by atoms with Gasteiger partial charge in [0.15, 0.2) is 6.61 Å². The average Bonchev–Trinajstić information content (AvgIpc) is 2.74. The van der Waals surface area contributed by atoms with Gasteiger partial charge in [0, 0.05) is 5.02 Å². The summed E-state index contributed by atoms with van der Waals surface area (Å²) >= 11 is 5.80. The first-order valence-electron chi connectivity index (χ1n) is 10.1. The molecule has 0 aliphatic rings. The molecule has 0 unspecified atom stereocenters. The van der Waals surface area contributed by atoms with Gasteiger partial charge in [-0.1, -0.05) is 50.6 Å². The van der Waals surface area contributed by atoms with Crippen LogP contribution in [0, 0.1) is 0 Å². The molecule has 5 nitrogen and oxygen atoms in total. The first-order chi connectivity index (χ1) is 14.2. The fourth-order valence-electron chi connectivity index (χ4n) is 2.61. The summed E-state index contributed by atoms with van der Waals surface area (Å²) in [6.45, 7) is 2.84. The largest absolute Gasteiger partial charge is 0.494 e. The van der Waals surface area contributed by atoms with E-state index in [2.05, 4.69) is 17.5 Å². The zero-order valence-corrected chi connectivity index (χ0v) is 17.7. The maximum atomic E-state index is 11.8. The van der Waals surface area contributed by atoms with Gasteiger partial charge in [0.25, 0.3) is 5.91 Å². The summed E-state index contributed by atoms with van der Waals surface area (Å²) in [4.78, 5) is 11.8. The molecule has 0 bridgehead atoms. The van der Waals surface area contributed by atoms with Gasteiger partial charge in [-0.25, -0.2) is 5.43 Å². The van der Waals surface area contributed by atoms with Gasteiger partial charge in [0.1, 0.15) is 11.5 Å². The Bertz CT molecular complexity index is 746. The van der Waals surface area contributed by atoms with Crippen LogP contribution in [0.25, 0.3) is 0 Å². The Kier molecular flexibility index (Phi) is 10.7. The second-order valence-corrected chi connectivity index (χ2v) is 7.16. The van der Waals surface area contributed by atoms with Crippen LogP contribution < -0.4 is 14.9 Å². The summed E-state index contributed by atoms with van der Waals surface area (Å²) in [6.07, 6.45) is 9.06. The van der Waals surface area contributed by atoms with Gasteiger partial charge >= 0.3 is 0 Å². The van der Waals surface area contributed by atoms with Crippen molar-refractivity contribution in [2.24, 2.45) is 5.10 Å². The Morgan fingerprint density at radius 3 is 2.28 bits per heavy atom. The van der Waals surface area contributed by atoms with E-state index in [9.17, 15) is 4.79 Å². The highest BCUT2D eigenvalue weighted by atomic mass is 35.5. The normalized spacial score (nSPS) is 10.8. The predicted octanol–water partition coefficient (Wildman–Crippen LogP) is 5.61. The number of nitrogens with zero attached hydrogens (tertiary/aromatic N) is 1. The summed E-state index contributed by atoms with van der Waals surface area (Å²) < 4.78 is 11.1. The Morgan fingerprint density at radius 1 is 0.931 bits per heavy atom. The number of hydrogen-bond donors (Lipinski definition) is 1. The van der Waals surface area contributed by atoms with Crippen molar-refractivity contribution in [1.29, 1.82) is 0 Å². The van der Waals surface area contributed by atoms with Gasteiger partial charge in [-0.15, -0.1) is 0 Å². The summed E-state index contributed by atoms with van der Waals surface area (Å²) in [7, 11) is 0. The van der Waals surface area contributed by atoms with E-state index in [-0.39, 0.29) is 12.5 Å². The number of nitrogens with one attached hydrogen (secondary N) is 1. The van der Waals surface area contributed by atoms with Crippen molar-refractivity contribution in [2.45, 2.75) is 45.4 Å². The van der Waals surface area contributed by atoms with Crippen molar-refractivity contribution in [1.82, 2.24) is 5.43 Å². The van der Waals surface area contributed by atoms with E-state index < -0.39 is 0 Å². The minimum absolute atomic E-state index is 0.121. The fraction of sp³-hybridized carbons (Fsp3) is 0.391. The summed E-state index contributed by atoms with van der Waals surface area (Å²) in [5.74, 6) is 1.08. The van der Waals surface area contributed by atoms with E-state index in [1.165, 1.54) is 32.1 Å². The molecule has 0 atom stereocenters. The number of halogens is 1. The standard InChI is InChI=1S/C23H29ClN2O3/c1-2-3-4-5-6-7-16-28-21-12-8-19(9-13-21)17-25-26-23(27)18-29-22-14-10-20(24)11-15-22/h8-15,17H,2-7,16,18H2,1H3,(H,26,27)/b25-17+. The molecule has 0 heterocycles. The lowest BCUT2D eigenvalue weighted by molar-refractivity contribution is -0.123. The van der Waals surface area contributed by atoms with Crippen LogP contribution in [0.3, 0.4) is 0 Å². The van der Waals surface area contributed by atoms with E-state index in [4.69, 9.17) is 21.1 Å². The Labute approximate surface area is 178 Å². The molecular formula is C23H29ClN2O3. The van der Waals surface area contributed by atoms with Crippen molar-refractivity contribution in [3.05, 3.63) is 59.1 Å². The van der Waals surface area contributed by atoms with Gasteiger partial charge in [0.05, 0.1) is 12.8 Å². The second kappa shape index (κ2) is 13.6. The Hall–Kier alpha value is -2.53. The topological polar surface area (TPSA) is 59.9 Å². The van der Waals surface area contributed by atoms with Crippen LogP contribution in [0.2, 0.25) is 5.02 Å². The number of hydrazone groups is 1. The highest BCUT2D eigenvalue weighted by molar-refractivity contribution is 6.30. The second-order valence-electron chi connectivity index (χ2n) is 6.72. The number of hydrogen-bond acceptors (Lipinski definition) is 4. The van der Waals surface area contributed by atoms with Crippen LogP contribution in [0.5, 0.6) is 11.5 Å². The molecule has 2 aromatic carbocycles. The van der Waals surface area contributed by atoms with Gasteiger partial charge in [-0.2, -0.15) is 5.10 Å². The lowest BCUT2D eigenvalue weighted by atomic mass is 10.1. The SMILES string of the molecule is CCCCCCCCOc1ccc(/C=N/NC(=O)COc2ccc(Cl)cc2)cc1. The van der Waals surface area contributed by atoms with Crippen LogP contribution >= 0.6 is 11.6 Å². The minimum Gasteiger partial charge on any atom is -0.494 e. The molecule has 156 valence electrons. The van der Waals surface area contributed by atoms with Crippen molar-refractivity contribution < 1.29 is 14.3 Å².